The molecule has 14 atom stereocenters. The summed E-state index contributed by atoms with van der Waals surface area (Å²) >= 11 is 0. The number of unbranched alkanes of at least 4 members (excludes halogenated alkanes) is 24. The van der Waals surface area contributed by atoms with Gasteiger partial charge in [-0.1, -0.05) is 168 Å². The zero-order chi connectivity index (χ0) is 66.9. The van der Waals surface area contributed by atoms with E-state index in [1.807, 2.05) is 0 Å². The summed E-state index contributed by atoms with van der Waals surface area (Å²) in [4.78, 5) is 107. The standard InChI is InChI=1S/C35H69O8P.C6H13O9P.2C5H11O8P/c1-3-5-7-9-11-13-15-17-19-21-23-25-27-29-34(36)41-31-33(32-42-44(38,39)40)43-35(37)30-28-26-24-22-20-18-16-14-12-10-8-6-4-2;7-1-2-3(8)4(9)5(10)6(14-2)15-16(11,12)13;2*6-3-2(1-12-14(9,10)11)13-5(8)4(3)7/h33H,3-32H2,1-2H3,(H2,38,39,40);2-10H,1H2,(H2,11,12,13);2*2-8H,1H2,(H2,9,10,11)/p-8/t33-;2-,3-,4+,5-,6-;2*2-,3-,4-,5?/m1111/s1. The maximum absolute atomic E-state index is 12.3. The second-order valence-corrected chi connectivity index (χ2v) is 25.9. The van der Waals surface area contributed by atoms with Gasteiger partial charge in [0.25, 0.3) is 0 Å². The van der Waals surface area contributed by atoms with Crippen molar-refractivity contribution in [3.05, 3.63) is 0 Å². The molecule has 0 aromatic heterocycles. The highest BCUT2D eigenvalue weighted by atomic mass is 31.2. The number of hydrogen-bond acceptors (Lipinski definition) is 33. The molecule has 0 aromatic rings. The van der Waals surface area contributed by atoms with E-state index in [9.17, 15) is 82.3 Å². The first-order chi connectivity index (χ1) is 41.2. The minimum absolute atomic E-state index is 0.188. The van der Waals surface area contributed by atoms with E-state index in [2.05, 4.69) is 46.2 Å². The van der Waals surface area contributed by atoms with Gasteiger partial charge in [0.05, 0.1) is 57.7 Å². The topological polar surface area (TPSA) is 572 Å². The molecule has 526 valence electrons. The van der Waals surface area contributed by atoms with E-state index in [-0.39, 0.29) is 19.4 Å². The van der Waals surface area contributed by atoms with E-state index in [0.717, 1.165) is 32.1 Å². The van der Waals surface area contributed by atoms with Gasteiger partial charge < -0.3 is 150 Å². The lowest BCUT2D eigenvalue weighted by Crippen LogP contribution is -2.59. The lowest BCUT2D eigenvalue weighted by atomic mass is 10.00. The minimum atomic E-state index is -5.41. The Balaban J connectivity index is 0.00000137. The molecule has 10 N–H and O–H groups in total. The predicted molar refractivity (Wildman–Crippen MR) is 290 cm³/mol. The van der Waals surface area contributed by atoms with Crippen LogP contribution in [0.1, 0.15) is 194 Å². The zero-order valence-electron chi connectivity index (χ0n) is 50.1. The van der Waals surface area contributed by atoms with Gasteiger partial charge in [-0.05, 0) is 12.8 Å². The average Bonchev–Trinajstić information content (AvgIpc) is 3.81. The fraction of sp³-hybridized carbons (Fsp3) is 0.961. The summed E-state index contributed by atoms with van der Waals surface area (Å²) in [5.41, 5.74) is 0. The molecule has 3 fully saturated rings. The van der Waals surface area contributed by atoms with Gasteiger partial charge in [0.1, 0.15) is 67.6 Å². The van der Waals surface area contributed by atoms with Crippen LogP contribution in [0.15, 0.2) is 0 Å². The summed E-state index contributed by atoms with van der Waals surface area (Å²) in [6, 6.07) is 0. The summed E-state index contributed by atoms with van der Waals surface area (Å²) in [5, 5.41) is 90.3. The normalized spacial score (nSPS) is 26.0. The highest BCUT2D eigenvalue weighted by Gasteiger charge is 2.45. The Morgan fingerprint density at radius 1 is 0.398 bits per heavy atom. The molecule has 0 spiro atoms. The maximum Gasteiger partial charge on any atom is 0.306 e. The quantitative estimate of drug-likeness (QED) is 0.0170. The fourth-order valence-corrected chi connectivity index (χ4v) is 10.1. The summed E-state index contributed by atoms with van der Waals surface area (Å²) in [6.07, 6.45) is 10.3. The molecule has 88 heavy (non-hydrogen) atoms. The van der Waals surface area contributed by atoms with Gasteiger partial charge in [-0.3, -0.25) is 9.59 Å². The van der Waals surface area contributed by atoms with Gasteiger partial charge in [-0.25, -0.2) is 0 Å². The van der Waals surface area contributed by atoms with Crippen molar-refractivity contribution in [3.63, 3.8) is 0 Å². The van der Waals surface area contributed by atoms with Crippen LogP contribution >= 0.6 is 31.3 Å². The van der Waals surface area contributed by atoms with Crippen LogP contribution in [0.3, 0.4) is 0 Å². The Bertz CT molecular complexity index is 1920. The number of aliphatic hydroxyl groups excluding tert-OH is 10. The highest BCUT2D eigenvalue weighted by Crippen LogP contribution is 2.34. The maximum atomic E-state index is 12.3. The van der Waals surface area contributed by atoms with Crippen molar-refractivity contribution < 1.29 is 160 Å². The van der Waals surface area contributed by atoms with Crippen LogP contribution in [0.25, 0.3) is 0 Å². The van der Waals surface area contributed by atoms with Crippen LogP contribution in [-0.2, 0) is 69.6 Å². The number of aliphatic hydroxyl groups is 10. The third-order valence-electron chi connectivity index (χ3n) is 13.7. The molecule has 3 heterocycles. The first-order valence-corrected chi connectivity index (χ1v) is 35.8. The van der Waals surface area contributed by atoms with E-state index in [0.29, 0.717) is 12.8 Å². The largest absolute Gasteiger partial charge is 0.790 e. The number of carbonyl (C=O) groups is 2. The summed E-state index contributed by atoms with van der Waals surface area (Å²) in [5.74, 6) is -0.945. The minimum Gasteiger partial charge on any atom is -0.790 e. The Kier molecular flexibility index (Phi) is 47.9. The molecule has 3 saturated heterocycles. The van der Waals surface area contributed by atoms with Crippen LogP contribution in [0.4, 0.5) is 0 Å². The third kappa shape index (κ3) is 45.2. The molecule has 2 unspecified atom stereocenters. The molecule has 0 aliphatic carbocycles. The van der Waals surface area contributed by atoms with Crippen molar-refractivity contribution in [2.24, 2.45) is 0 Å². The van der Waals surface area contributed by atoms with Gasteiger partial charge >= 0.3 is 11.9 Å². The first-order valence-electron chi connectivity index (χ1n) is 29.9. The van der Waals surface area contributed by atoms with Crippen LogP contribution in [0, 0.1) is 0 Å². The molecular formula is C51H96O33P4-8. The Labute approximate surface area is 514 Å². The van der Waals surface area contributed by atoms with Gasteiger partial charge in [0, 0.05) is 12.8 Å². The van der Waals surface area contributed by atoms with Crippen molar-refractivity contribution >= 4 is 43.2 Å². The molecule has 33 nitrogen and oxygen atoms in total. The van der Waals surface area contributed by atoms with E-state index in [4.69, 9.17) is 45.2 Å². The van der Waals surface area contributed by atoms with Gasteiger partial charge in [-0.15, -0.1) is 0 Å². The van der Waals surface area contributed by atoms with Crippen LogP contribution in [0.5, 0.6) is 0 Å². The molecule has 3 rings (SSSR count). The van der Waals surface area contributed by atoms with Gasteiger partial charge in [0.2, 0.25) is 0 Å². The summed E-state index contributed by atoms with van der Waals surface area (Å²) < 4.78 is 81.2. The molecule has 0 aromatic carbocycles. The fourth-order valence-electron chi connectivity index (χ4n) is 8.71. The molecule has 0 amide bonds. The number of esters is 2. The van der Waals surface area contributed by atoms with Crippen molar-refractivity contribution in [1.29, 1.82) is 0 Å². The number of ether oxygens (including phenoxy) is 5. The molecule has 0 saturated carbocycles. The number of carbonyl (C=O) groups excluding carboxylic acids is 2. The second-order valence-electron chi connectivity index (χ2n) is 21.4. The molecule has 0 radical (unpaired) electrons. The smallest absolute Gasteiger partial charge is 0.306 e. The third-order valence-corrected chi connectivity index (χ3v) is 15.5. The van der Waals surface area contributed by atoms with E-state index >= 15 is 0 Å². The molecular weight excluding hydrogens is 1260 g/mol. The van der Waals surface area contributed by atoms with Crippen molar-refractivity contribution in [1.82, 2.24) is 0 Å². The SMILES string of the molecule is CCCCCCCCCCCCCCCC(=O)OC[C@H](COP(=O)([O-])[O-])OC(=O)CCCCCCCCCCCCCCC.O=P([O-])([O-])OC[C@H]1OC(O)[C@H](O)[C@@H]1O.O=P([O-])([O-])OC[C@H]1OC(O)[C@H](O)[C@@H]1O.O=P([O-])([O-])O[C@H]1O[C@H](CO)[C@@H](O)[C@H](O)[C@H]1O. The lowest BCUT2D eigenvalue weighted by Gasteiger charge is -2.43. The summed E-state index contributed by atoms with van der Waals surface area (Å²) in [7, 11) is -20.9. The molecule has 37 heteroatoms. The lowest BCUT2D eigenvalue weighted by molar-refractivity contribution is -0.369. The van der Waals surface area contributed by atoms with Crippen molar-refractivity contribution in [3.8, 4) is 0 Å². The van der Waals surface area contributed by atoms with Crippen LogP contribution < -0.4 is 39.1 Å². The van der Waals surface area contributed by atoms with Gasteiger partial charge in [0.15, 0.2) is 25.0 Å². The predicted octanol–water partition coefficient (Wildman–Crippen LogP) is -2.58. The van der Waals surface area contributed by atoms with E-state index < -0.39 is 156 Å². The Morgan fingerprint density at radius 2 is 0.727 bits per heavy atom. The number of phosphoric ester groups is 4. The van der Waals surface area contributed by atoms with Crippen LogP contribution in [-0.4, -0.2) is 182 Å². The van der Waals surface area contributed by atoms with Gasteiger partial charge in [-0.2, -0.15) is 0 Å². The zero-order valence-corrected chi connectivity index (χ0v) is 53.6. The van der Waals surface area contributed by atoms with Crippen molar-refractivity contribution in [2.45, 2.75) is 280 Å². The molecule has 0 bridgehead atoms. The highest BCUT2D eigenvalue weighted by molar-refractivity contribution is 7.43. The Hall–Kier alpha value is -1.14. The summed E-state index contributed by atoms with van der Waals surface area (Å²) in [6.45, 7) is 1.28. The van der Waals surface area contributed by atoms with E-state index in [1.165, 1.54) is 122 Å². The van der Waals surface area contributed by atoms with Crippen molar-refractivity contribution in [2.75, 3.05) is 33.0 Å². The number of hydrogen-bond donors (Lipinski definition) is 10. The number of rotatable bonds is 43. The molecule has 3 aliphatic heterocycles. The molecule has 3 aliphatic rings. The second kappa shape index (κ2) is 48.5. The van der Waals surface area contributed by atoms with Crippen LogP contribution in [0.2, 0.25) is 0 Å². The monoisotopic (exact) mass is 1360 g/mol. The average molecular weight is 1360 g/mol. The Morgan fingerprint density at radius 3 is 1.03 bits per heavy atom. The van der Waals surface area contributed by atoms with E-state index in [1.54, 1.807) is 0 Å². The first kappa shape index (κ1) is 86.9. The number of phosphoric acid groups is 4.